The van der Waals surface area contributed by atoms with Crippen molar-refractivity contribution in [1.29, 1.82) is 0 Å². The number of allylic oxidation sites excluding steroid dienone is 1. The van der Waals surface area contributed by atoms with E-state index >= 15 is 0 Å². The van der Waals surface area contributed by atoms with Crippen LogP contribution in [0.5, 0.6) is 11.5 Å². The van der Waals surface area contributed by atoms with E-state index in [9.17, 15) is 19.2 Å². The molecule has 2 atom stereocenters. The molecule has 1 saturated carbocycles. The number of hydrogen-bond donors (Lipinski definition) is 0. The highest BCUT2D eigenvalue weighted by atomic mass is 16.7. The third-order valence-electron chi connectivity index (χ3n) is 8.87. The van der Waals surface area contributed by atoms with Crippen LogP contribution < -0.4 is 9.47 Å². The second kappa shape index (κ2) is 10.8. The number of rotatable bonds is 7. The molecular weight excluding hydrogens is 514 g/mol. The molecule has 2 aliphatic carbocycles. The summed E-state index contributed by atoms with van der Waals surface area (Å²) >= 11 is 0. The Morgan fingerprint density at radius 2 is 1.80 bits per heavy atom. The maximum absolute atomic E-state index is 14.0. The number of carbonyl (C=O) groups is 4. The molecule has 0 N–H and O–H groups in total. The van der Waals surface area contributed by atoms with E-state index in [-0.39, 0.29) is 62.4 Å². The Morgan fingerprint density at radius 3 is 2.55 bits per heavy atom. The van der Waals surface area contributed by atoms with Gasteiger partial charge in [0, 0.05) is 50.1 Å². The maximum atomic E-state index is 14.0. The van der Waals surface area contributed by atoms with Crippen molar-refractivity contribution in [1.82, 2.24) is 14.7 Å². The van der Waals surface area contributed by atoms with Gasteiger partial charge in [0.25, 0.3) is 0 Å². The minimum Gasteiger partial charge on any atom is -0.465 e. The van der Waals surface area contributed by atoms with E-state index in [2.05, 4.69) is 0 Å². The highest BCUT2D eigenvalue weighted by Gasteiger charge is 2.54. The zero-order chi connectivity index (χ0) is 27.9. The lowest BCUT2D eigenvalue weighted by molar-refractivity contribution is -0.163. The van der Waals surface area contributed by atoms with Crippen LogP contribution in [0.15, 0.2) is 30.0 Å². The average molecular weight is 552 g/mol. The Balaban J connectivity index is 1.23. The number of esters is 1. The van der Waals surface area contributed by atoms with E-state index in [0.29, 0.717) is 49.8 Å². The van der Waals surface area contributed by atoms with Crippen molar-refractivity contribution in [2.24, 2.45) is 17.3 Å². The van der Waals surface area contributed by atoms with Gasteiger partial charge in [-0.15, -0.1) is 0 Å². The number of ether oxygens (including phenoxy) is 3. The minimum absolute atomic E-state index is 0.0292. The quantitative estimate of drug-likeness (QED) is 0.480. The Hall–Kier alpha value is -3.56. The second-order valence-corrected chi connectivity index (χ2v) is 11.5. The number of piperazine rings is 1. The standard InChI is InChI=1S/C30H37N3O7/c1-2-38-29(37)30-10-4-3-5-25(30)33(18-20-6-9-23-24(15-20)40-19-39-23)28(36)22(17-30)16-26(34)31-11-13-32(14-12-31)27(35)21-7-8-21/h5-6,9,15,21-22H,2-4,7-8,10-14,16-19H2,1H3/t22-,30+/m1/s1. The molecule has 1 aromatic carbocycles. The molecule has 0 unspecified atom stereocenters. The number of piperidine rings is 1. The van der Waals surface area contributed by atoms with Gasteiger partial charge in [-0.05, 0) is 63.1 Å². The molecule has 0 aromatic heterocycles. The van der Waals surface area contributed by atoms with E-state index < -0.39 is 11.3 Å². The first-order chi connectivity index (χ1) is 19.4. The van der Waals surface area contributed by atoms with Crippen molar-refractivity contribution in [2.75, 3.05) is 39.6 Å². The normalized spacial score (nSPS) is 25.8. The summed E-state index contributed by atoms with van der Waals surface area (Å²) in [6.07, 6.45) is 6.38. The van der Waals surface area contributed by atoms with E-state index in [4.69, 9.17) is 14.2 Å². The predicted molar refractivity (Wildman–Crippen MR) is 143 cm³/mol. The molecule has 6 rings (SSSR count). The van der Waals surface area contributed by atoms with Crippen molar-refractivity contribution < 1.29 is 33.4 Å². The second-order valence-electron chi connectivity index (χ2n) is 11.5. The lowest BCUT2D eigenvalue weighted by atomic mass is 9.66. The summed E-state index contributed by atoms with van der Waals surface area (Å²) in [6, 6.07) is 5.59. The van der Waals surface area contributed by atoms with Crippen LogP contribution in [0.2, 0.25) is 0 Å². The van der Waals surface area contributed by atoms with Gasteiger partial charge in [0.2, 0.25) is 24.5 Å². The zero-order valence-electron chi connectivity index (χ0n) is 23.1. The summed E-state index contributed by atoms with van der Waals surface area (Å²) in [5.41, 5.74) is 0.583. The van der Waals surface area contributed by atoms with Crippen LogP contribution in [0.25, 0.3) is 0 Å². The molecule has 2 saturated heterocycles. The number of fused-ring (bicyclic) bond motifs is 2. The molecule has 0 radical (unpaired) electrons. The fourth-order valence-corrected chi connectivity index (χ4v) is 6.60. The van der Waals surface area contributed by atoms with Gasteiger partial charge in [-0.3, -0.25) is 19.2 Å². The van der Waals surface area contributed by atoms with Crippen molar-refractivity contribution in [2.45, 2.75) is 58.4 Å². The number of amides is 3. The van der Waals surface area contributed by atoms with Crippen LogP contribution in [-0.2, 0) is 30.5 Å². The zero-order valence-corrected chi connectivity index (χ0v) is 23.1. The van der Waals surface area contributed by atoms with Gasteiger partial charge < -0.3 is 28.9 Å². The Kier molecular flexibility index (Phi) is 7.18. The van der Waals surface area contributed by atoms with Gasteiger partial charge >= 0.3 is 5.97 Å². The lowest BCUT2D eigenvalue weighted by Crippen LogP contribution is -2.55. The summed E-state index contributed by atoms with van der Waals surface area (Å²) in [4.78, 5) is 58.8. The van der Waals surface area contributed by atoms with E-state index in [1.807, 2.05) is 29.2 Å². The van der Waals surface area contributed by atoms with Gasteiger partial charge in [0.1, 0.15) is 5.41 Å². The van der Waals surface area contributed by atoms with Gasteiger partial charge in [-0.1, -0.05) is 12.1 Å². The number of hydrogen-bond acceptors (Lipinski definition) is 7. The number of benzene rings is 1. The highest BCUT2D eigenvalue weighted by Crippen LogP contribution is 2.50. The summed E-state index contributed by atoms with van der Waals surface area (Å²) in [6.45, 7) is 4.43. The summed E-state index contributed by atoms with van der Waals surface area (Å²) in [5, 5.41) is 0. The molecule has 1 aromatic rings. The third-order valence-corrected chi connectivity index (χ3v) is 8.87. The molecule has 0 bridgehead atoms. The summed E-state index contributed by atoms with van der Waals surface area (Å²) < 4.78 is 16.6. The van der Waals surface area contributed by atoms with Crippen LogP contribution in [0.4, 0.5) is 0 Å². The molecule has 214 valence electrons. The minimum atomic E-state index is -0.959. The molecule has 5 aliphatic rings. The highest BCUT2D eigenvalue weighted by molar-refractivity contribution is 5.92. The average Bonchev–Trinajstić information content (AvgIpc) is 3.72. The fraction of sp³-hybridized carbons (Fsp3) is 0.600. The van der Waals surface area contributed by atoms with E-state index in [1.54, 1.807) is 16.7 Å². The molecule has 10 nitrogen and oxygen atoms in total. The first-order valence-corrected chi connectivity index (χ1v) is 14.5. The van der Waals surface area contributed by atoms with Crippen molar-refractivity contribution in [3.05, 3.63) is 35.5 Å². The first-order valence-electron chi connectivity index (χ1n) is 14.5. The molecule has 0 spiro atoms. The molecule has 3 aliphatic heterocycles. The fourth-order valence-electron chi connectivity index (χ4n) is 6.60. The Morgan fingerprint density at radius 1 is 1.05 bits per heavy atom. The topological polar surface area (TPSA) is 106 Å². The van der Waals surface area contributed by atoms with Gasteiger partial charge in [0.15, 0.2) is 11.5 Å². The smallest absolute Gasteiger partial charge is 0.318 e. The molecule has 3 heterocycles. The van der Waals surface area contributed by atoms with E-state index in [1.165, 1.54) is 0 Å². The lowest BCUT2D eigenvalue weighted by Gasteiger charge is -2.48. The largest absolute Gasteiger partial charge is 0.465 e. The third kappa shape index (κ3) is 4.92. The Labute approximate surface area is 234 Å². The molecule has 3 amide bonds. The monoisotopic (exact) mass is 551 g/mol. The van der Waals surface area contributed by atoms with Crippen LogP contribution >= 0.6 is 0 Å². The Bertz CT molecular complexity index is 1230. The van der Waals surface area contributed by atoms with Crippen molar-refractivity contribution in [3.8, 4) is 11.5 Å². The molecule has 10 heteroatoms. The number of likely N-dealkylation sites (tertiary alicyclic amines) is 1. The number of carbonyl (C=O) groups excluding carboxylic acids is 4. The van der Waals surface area contributed by atoms with E-state index in [0.717, 1.165) is 31.2 Å². The van der Waals surface area contributed by atoms with Gasteiger partial charge in [-0.25, -0.2) is 0 Å². The van der Waals surface area contributed by atoms with Gasteiger partial charge in [-0.2, -0.15) is 0 Å². The van der Waals surface area contributed by atoms with Crippen LogP contribution in [-0.4, -0.2) is 78.0 Å². The van der Waals surface area contributed by atoms with Crippen molar-refractivity contribution in [3.63, 3.8) is 0 Å². The van der Waals surface area contributed by atoms with Gasteiger partial charge in [0.05, 0.1) is 13.2 Å². The van der Waals surface area contributed by atoms with Crippen LogP contribution in [0, 0.1) is 17.3 Å². The maximum Gasteiger partial charge on any atom is 0.318 e. The van der Waals surface area contributed by atoms with Crippen molar-refractivity contribution >= 4 is 23.7 Å². The van der Waals surface area contributed by atoms with Crippen LogP contribution in [0.1, 0.15) is 57.4 Å². The summed E-state index contributed by atoms with van der Waals surface area (Å²) in [5.74, 6) is 0.414. The predicted octanol–water partition coefficient (Wildman–Crippen LogP) is 2.85. The molecule has 40 heavy (non-hydrogen) atoms. The summed E-state index contributed by atoms with van der Waals surface area (Å²) in [7, 11) is 0. The first kappa shape index (κ1) is 26.7. The van der Waals surface area contributed by atoms with Crippen LogP contribution in [0.3, 0.4) is 0 Å². The SMILES string of the molecule is CCOC(=O)[C@]12CCCC=C1N(Cc1ccc3c(c1)OCO3)C(=O)[C@H](CC(=O)N1CCN(C(=O)C3CC3)CC1)C2. The number of nitrogens with zero attached hydrogens (tertiary/aromatic N) is 3. The molecular formula is C30H37N3O7. The molecule has 3 fully saturated rings.